The molecule has 0 saturated heterocycles. The van der Waals surface area contributed by atoms with Gasteiger partial charge in [0.2, 0.25) is 10.0 Å². The molecule has 1 rings (SSSR count). The van der Waals surface area contributed by atoms with Gasteiger partial charge in [-0.05, 0) is 36.0 Å². The van der Waals surface area contributed by atoms with Crippen molar-refractivity contribution in [3.63, 3.8) is 0 Å². The lowest BCUT2D eigenvalue weighted by Crippen LogP contribution is -2.37. The van der Waals surface area contributed by atoms with E-state index in [1.54, 1.807) is 13.0 Å². The highest BCUT2D eigenvalue weighted by molar-refractivity contribution is 7.89. The summed E-state index contributed by atoms with van der Waals surface area (Å²) < 4.78 is 22.7. The van der Waals surface area contributed by atoms with Gasteiger partial charge in [-0.25, -0.2) is 13.6 Å². The van der Waals surface area contributed by atoms with Crippen LogP contribution in [0.4, 0.5) is 0 Å². The van der Waals surface area contributed by atoms with Gasteiger partial charge in [0.25, 0.3) is 5.91 Å². The second-order valence-corrected chi connectivity index (χ2v) is 7.91. The van der Waals surface area contributed by atoms with E-state index in [-0.39, 0.29) is 16.2 Å². The molecule has 0 aliphatic carbocycles. The predicted molar refractivity (Wildman–Crippen MR) is 83.5 cm³/mol. The number of hydrogen-bond acceptors (Lipinski definition) is 3. The van der Waals surface area contributed by atoms with Crippen LogP contribution in [0.3, 0.4) is 0 Å². The van der Waals surface area contributed by atoms with E-state index in [2.05, 4.69) is 33.0 Å². The van der Waals surface area contributed by atoms with Gasteiger partial charge in [0.05, 0.1) is 4.90 Å². The Balaban J connectivity index is 2.98. The normalized spacial score (nSPS) is 12.5. The average molecular weight is 312 g/mol. The summed E-state index contributed by atoms with van der Waals surface area (Å²) >= 11 is 0. The molecular weight excluding hydrogens is 288 g/mol. The lowest BCUT2D eigenvalue weighted by Gasteiger charge is -2.29. The van der Waals surface area contributed by atoms with E-state index >= 15 is 0 Å². The van der Waals surface area contributed by atoms with Gasteiger partial charge < -0.3 is 5.32 Å². The van der Waals surface area contributed by atoms with Crippen LogP contribution in [0.1, 0.15) is 43.6 Å². The molecule has 1 aromatic carbocycles. The highest BCUT2D eigenvalue weighted by atomic mass is 32.2. The van der Waals surface area contributed by atoms with Crippen molar-refractivity contribution in [1.82, 2.24) is 5.32 Å². The molecule has 0 heterocycles. The van der Waals surface area contributed by atoms with Crippen LogP contribution in [0.25, 0.3) is 0 Å². The molecule has 21 heavy (non-hydrogen) atoms. The summed E-state index contributed by atoms with van der Waals surface area (Å²) in [6.07, 6.45) is 0. The molecule has 0 fully saturated rings. The van der Waals surface area contributed by atoms with E-state index in [9.17, 15) is 13.2 Å². The lowest BCUT2D eigenvalue weighted by atomic mass is 9.81. The fraction of sp³-hybridized carbons (Fsp3) is 0.533. The number of carbonyl (C=O) groups excluding carboxylic acids is 1. The SMILES string of the molecule is Cc1ccc(S(N)(=O)=O)cc1C(=O)NCC(C)(C)C(C)C. The molecule has 0 aliphatic rings. The average Bonchev–Trinajstić information content (AvgIpc) is 2.35. The number of hydrogen-bond donors (Lipinski definition) is 2. The monoisotopic (exact) mass is 312 g/mol. The second-order valence-electron chi connectivity index (χ2n) is 6.35. The first-order valence-corrected chi connectivity index (χ1v) is 8.41. The van der Waals surface area contributed by atoms with Crippen molar-refractivity contribution >= 4 is 15.9 Å². The number of amides is 1. The number of nitrogens with one attached hydrogen (secondary N) is 1. The molecule has 6 heteroatoms. The molecule has 1 amide bonds. The van der Waals surface area contributed by atoms with Crippen molar-refractivity contribution < 1.29 is 13.2 Å². The molecule has 5 nitrogen and oxygen atoms in total. The van der Waals surface area contributed by atoms with Crippen molar-refractivity contribution in [2.24, 2.45) is 16.5 Å². The largest absolute Gasteiger partial charge is 0.351 e. The van der Waals surface area contributed by atoms with Gasteiger partial charge >= 0.3 is 0 Å². The van der Waals surface area contributed by atoms with E-state index in [0.717, 1.165) is 0 Å². The fourth-order valence-corrected chi connectivity index (χ4v) is 2.17. The van der Waals surface area contributed by atoms with Gasteiger partial charge in [-0.2, -0.15) is 0 Å². The van der Waals surface area contributed by atoms with Crippen molar-refractivity contribution in [3.8, 4) is 0 Å². The molecule has 0 aromatic heterocycles. The first-order valence-electron chi connectivity index (χ1n) is 6.87. The van der Waals surface area contributed by atoms with E-state index in [1.165, 1.54) is 12.1 Å². The van der Waals surface area contributed by atoms with Crippen molar-refractivity contribution in [2.45, 2.75) is 39.5 Å². The topological polar surface area (TPSA) is 89.3 Å². The molecule has 1 aromatic rings. The molecule has 0 atom stereocenters. The van der Waals surface area contributed by atoms with Crippen molar-refractivity contribution in [1.29, 1.82) is 0 Å². The molecule has 0 aliphatic heterocycles. The number of primary sulfonamides is 1. The molecule has 0 bridgehead atoms. The molecular formula is C15H24N2O3S. The van der Waals surface area contributed by atoms with E-state index in [4.69, 9.17) is 5.14 Å². The molecule has 3 N–H and O–H groups in total. The predicted octanol–water partition coefficient (Wildman–Crippen LogP) is 2.05. The molecule has 0 spiro atoms. The summed E-state index contributed by atoms with van der Waals surface area (Å²) in [5.74, 6) is 0.126. The number of carbonyl (C=O) groups is 1. The van der Waals surface area contributed by atoms with Gasteiger partial charge in [0.1, 0.15) is 0 Å². The minimum atomic E-state index is -3.81. The van der Waals surface area contributed by atoms with Gasteiger partial charge in [0, 0.05) is 12.1 Å². The Morgan fingerprint density at radius 3 is 2.38 bits per heavy atom. The van der Waals surface area contributed by atoms with Crippen LogP contribution >= 0.6 is 0 Å². The summed E-state index contributed by atoms with van der Waals surface area (Å²) in [5, 5.41) is 7.96. The van der Waals surface area contributed by atoms with E-state index in [0.29, 0.717) is 23.6 Å². The molecule has 118 valence electrons. The summed E-state index contributed by atoms with van der Waals surface area (Å²) in [6.45, 7) is 10.6. The standard InChI is InChI=1S/C15H24N2O3S/c1-10(2)15(4,5)9-17-14(18)13-8-12(21(16,19)20)7-6-11(13)3/h6-8,10H,9H2,1-5H3,(H,17,18)(H2,16,19,20). The third-order valence-corrected chi connectivity index (χ3v) is 4.96. The van der Waals surface area contributed by atoms with Crippen LogP contribution in [0.5, 0.6) is 0 Å². The maximum Gasteiger partial charge on any atom is 0.251 e. The smallest absolute Gasteiger partial charge is 0.251 e. The zero-order valence-corrected chi connectivity index (χ0v) is 14.0. The van der Waals surface area contributed by atoms with E-state index in [1.807, 2.05) is 0 Å². The van der Waals surface area contributed by atoms with Gasteiger partial charge in [-0.1, -0.05) is 33.8 Å². The van der Waals surface area contributed by atoms with Gasteiger partial charge in [0.15, 0.2) is 0 Å². The maximum absolute atomic E-state index is 12.3. The number of aryl methyl sites for hydroxylation is 1. The van der Waals surface area contributed by atoms with Crippen LogP contribution in [-0.4, -0.2) is 20.9 Å². The Morgan fingerprint density at radius 1 is 1.33 bits per heavy atom. The Bertz CT molecular complexity index is 634. The van der Waals surface area contributed by atoms with Crippen LogP contribution < -0.4 is 10.5 Å². The minimum absolute atomic E-state index is 0.0406. The fourth-order valence-electron chi connectivity index (χ4n) is 1.63. The molecule has 0 radical (unpaired) electrons. The lowest BCUT2D eigenvalue weighted by molar-refractivity contribution is 0.0924. The zero-order valence-electron chi connectivity index (χ0n) is 13.2. The molecule has 0 saturated carbocycles. The van der Waals surface area contributed by atoms with Crippen LogP contribution in [0.2, 0.25) is 0 Å². The van der Waals surface area contributed by atoms with Gasteiger partial charge in [-0.15, -0.1) is 0 Å². The van der Waals surface area contributed by atoms with Gasteiger partial charge in [-0.3, -0.25) is 4.79 Å². The Labute approximate surface area is 127 Å². The van der Waals surface area contributed by atoms with Crippen LogP contribution in [0, 0.1) is 18.3 Å². The second kappa shape index (κ2) is 6.15. The number of benzene rings is 1. The zero-order chi connectivity index (χ0) is 16.4. The summed E-state index contributed by atoms with van der Waals surface area (Å²) in [5.41, 5.74) is 1.00. The first kappa shape index (κ1) is 17.7. The quantitative estimate of drug-likeness (QED) is 0.872. The highest BCUT2D eigenvalue weighted by Gasteiger charge is 2.23. The number of rotatable bonds is 5. The third kappa shape index (κ3) is 4.54. The third-order valence-electron chi connectivity index (χ3n) is 4.05. The first-order chi connectivity index (χ1) is 9.45. The Morgan fingerprint density at radius 2 is 1.90 bits per heavy atom. The highest BCUT2D eigenvalue weighted by Crippen LogP contribution is 2.25. The summed E-state index contributed by atoms with van der Waals surface area (Å²) in [4.78, 5) is 12.2. The summed E-state index contributed by atoms with van der Waals surface area (Å²) in [6, 6.07) is 4.31. The van der Waals surface area contributed by atoms with Crippen molar-refractivity contribution in [2.75, 3.05) is 6.54 Å². The van der Waals surface area contributed by atoms with E-state index < -0.39 is 10.0 Å². The number of nitrogens with two attached hydrogens (primary N) is 1. The Kier molecular flexibility index (Phi) is 5.17. The molecule has 0 unspecified atom stereocenters. The van der Waals surface area contributed by atoms with Crippen LogP contribution in [-0.2, 0) is 10.0 Å². The Hall–Kier alpha value is -1.40. The number of sulfonamides is 1. The van der Waals surface area contributed by atoms with Crippen molar-refractivity contribution in [3.05, 3.63) is 29.3 Å². The van der Waals surface area contributed by atoms with Crippen LogP contribution in [0.15, 0.2) is 23.1 Å². The maximum atomic E-state index is 12.3. The summed E-state index contributed by atoms with van der Waals surface area (Å²) in [7, 11) is -3.81. The minimum Gasteiger partial charge on any atom is -0.351 e.